The third-order valence-electron chi connectivity index (χ3n) is 4.36. The second-order valence-electron chi connectivity index (χ2n) is 5.83. The lowest BCUT2D eigenvalue weighted by Crippen LogP contribution is -2.49. The topological polar surface area (TPSA) is 40.6 Å². The maximum absolute atomic E-state index is 12.8. The number of piperazine rings is 1. The molecular weight excluding hydrogens is 288 g/mol. The summed E-state index contributed by atoms with van der Waals surface area (Å²) in [6, 6.07) is 7.63. The first kappa shape index (κ1) is 14.4. The van der Waals surface area contributed by atoms with Crippen LogP contribution in [0.2, 0.25) is 5.02 Å². The SMILES string of the molecule is O=CN1CCN(C(=O)C(c2ccc(Cl)cc2)C2CC2)CC1. The van der Waals surface area contributed by atoms with Crippen LogP contribution in [0.5, 0.6) is 0 Å². The number of hydrogen-bond acceptors (Lipinski definition) is 2. The van der Waals surface area contributed by atoms with E-state index >= 15 is 0 Å². The summed E-state index contributed by atoms with van der Waals surface area (Å²) in [5, 5.41) is 0.695. The smallest absolute Gasteiger partial charge is 0.230 e. The quantitative estimate of drug-likeness (QED) is 0.800. The molecule has 1 atom stereocenters. The minimum absolute atomic E-state index is 0.0509. The first-order valence-electron chi connectivity index (χ1n) is 7.42. The summed E-state index contributed by atoms with van der Waals surface area (Å²) in [5.74, 6) is 0.609. The van der Waals surface area contributed by atoms with Crippen molar-refractivity contribution in [2.75, 3.05) is 26.2 Å². The number of benzene rings is 1. The van der Waals surface area contributed by atoms with E-state index in [2.05, 4.69) is 0 Å². The molecule has 112 valence electrons. The first-order valence-corrected chi connectivity index (χ1v) is 7.80. The van der Waals surface area contributed by atoms with Gasteiger partial charge in [-0.1, -0.05) is 23.7 Å². The van der Waals surface area contributed by atoms with Crippen LogP contribution >= 0.6 is 11.6 Å². The Morgan fingerprint density at radius 2 is 1.76 bits per heavy atom. The van der Waals surface area contributed by atoms with Crippen LogP contribution in [0.1, 0.15) is 24.3 Å². The predicted octanol–water partition coefficient (Wildman–Crippen LogP) is 2.13. The summed E-state index contributed by atoms with van der Waals surface area (Å²) >= 11 is 5.94. The van der Waals surface area contributed by atoms with Gasteiger partial charge in [0.05, 0.1) is 5.92 Å². The molecule has 1 aromatic rings. The van der Waals surface area contributed by atoms with Crippen molar-refractivity contribution in [1.29, 1.82) is 0 Å². The number of halogens is 1. The Kier molecular flexibility index (Phi) is 4.15. The Balaban J connectivity index is 1.73. The standard InChI is InChI=1S/C16H19ClN2O2/c17-14-5-3-13(4-6-14)15(12-1-2-12)16(21)19-9-7-18(11-20)8-10-19/h3-6,11-12,15H,1-2,7-10H2. The molecule has 0 N–H and O–H groups in total. The largest absolute Gasteiger partial charge is 0.342 e. The molecule has 1 unspecified atom stereocenters. The molecule has 21 heavy (non-hydrogen) atoms. The molecule has 1 saturated heterocycles. The lowest BCUT2D eigenvalue weighted by molar-refractivity contribution is -0.137. The van der Waals surface area contributed by atoms with Crippen molar-refractivity contribution in [2.45, 2.75) is 18.8 Å². The van der Waals surface area contributed by atoms with Crippen LogP contribution in [0.25, 0.3) is 0 Å². The van der Waals surface area contributed by atoms with Crippen LogP contribution in [0, 0.1) is 5.92 Å². The summed E-state index contributed by atoms with van der Waals surface area (Å²) in [4.78, 5) is 27.2. The van der Waals surface area contributed by atoms with E-state index in [1.807, 2.05) is 29.2 Å². The fraction of sp³-hybridized carbons (Fsp3) is 0.500. The normalized spacial score (nSPS) is 20.2. The highest BCUT2D eigenvalue weighted by Gasteiger charge is 2.39. The van der Waals surface area contributed by atoms with Gasteiger partial charge in [-0.15, -0.1) is 0 Å². The van der Waals surface area contributed by atoms with Gasteiger partial charge in [0.15, 0.2) is 0 Å². The Morgan fingerprint density at radius 1 is 1.14 bits per heavy atom. The highest BCUT2D eigenvalue weighted by molar-refractivity contribution is 6.30. The van der Waals surface area contributed by atoms with E-state index in [0.29, 0.717) is 37.1 Å². The Labute approximate surface area is 129 Å². The number of carbonyl (C=O) groups excluding carboxylic acids is 2. The van der Waals surface area contributed by atoms with Gasteiger partial charge in [-0.2, -0.15) is 0 Å². The van der Waals surface area contributed by atoms with Gasteiger partial charge in [-0.05, 0) is 36.5 Å². The van der Waals surface area contributed by atoms with E-state index in [1.165, 1.54) is 0 Å². The van der Waals surface area contributed by atoms with Crippen LogP contribution in [0.4, 0.5) is 0 Å². The molecule has 0 spiro atoms. The van der Waals surface area contributed by atoms with E-state index < -0.39 is 0 Å². The Morgan fingerprint density at radius 3 is 2.29 bits per heavy atom. The lowest BCUT2D eigenvalue weighted by Gasteiger charge is -2.35. The number of carbonyl (C=O) groups is 2. The lowest BCUT2D eigenvalue weighted by atomic mass is 9.92. The zero-order chi connectivity index (χ0) is 14.8. The van der Waals surface area contributed by atoms with Crippen LogP contribution in [-0.4, -0.2) is 48.3 Å². The van der Waals surface area contributed by atoms with Gasteiger partial charge in [0, 0.05) is 31.2 Å². The molecule has 2 fully saturated rings. The number of nitrogens with zero attached hydrogens (tertiary/aromatic N) is 2. The minimum Gasteiger partial charge on any atom is -0.342 e. The summed E-state index contributed by atoms with van der Waals surface area (Å²) in [6.07, 6.45) is 3.10. The van der Waals surface area contributed by atoms with E-state index in [0.717, 1.165) is 24.8 Å². The summed E-state index contributed by atoms with van der Waals surface area (Å²) < 4.78 is 0. The fourth-order valence-corrected chi connectivity index (χ4v) is 3.09. The molecule has 1 aliphatic heterocycles. The molecule has 4 nitrogen and oxygen atoms in total. The molecule has 5 heteroatoms. The van der Waals surface area contributed by atoms with Crippen molar-refractivity contribution in [3.05, 3.63) is 34.9 Å². The predicted molar refractivity (Wildman–Crippen MR) is 81.1 cm³/mol. The molecule has 0 aromatic heterocycles. The molecule has 1 aromatic carbocycles. The van der Waals surface area contributed by atoms with Crippen LogP contribution < -0.4 is 0 Å². The van der Waals surface area contributed by atoms with Crippen molar-refractivity contribution < 1.29 is 9.59 Å². The highest BCUT2D eigenvalue weighted by Crippen LogP contribution is 2.43. The van der Waals surface area contributed by atoms with Crippen molar-refractivity contribution in [3.8, 4) is 0 Å². The molecule has 0 radical (unpaired) electrons. The average molecular weight is 307 g/mol. The van der Waals surface area contributed by atoms with E-state index in [9.17, 15) is 9.59 Å². The van der Waals surface area contributed by atoms with E-state index in [4.69, 9.17) is 11.6 Å². The van der Waals surface area contributed by atoms with Gasteiger partial charge in [-0.25, -0.2) is 0 Å². The molecule has 2 aliphatic rings. The molecule has 2 amide bonds. The Hall–Kier alpha value is -1.55. The van der Waals surface area contributed by atoms with Gasteiger partial charge in [0.2, 0.25) is 12.3 Å². The number of amides is 2. The molecule has 3 rings (SSSR count). The Bertz CT molecular complexity index is 520. The van der Waals surface area contributed by atoms with Crippen molar-refractivity contribution in [3.63, 3.8) is 0 Å². The summed E-state index contributed by atoms with van der Waals surface area (Å²) in [7, 11) is 0. The fourth-order valence-electron chi connectivity index (χ4n) is 2.96. The van der Waals surface area contributed by atoms with Crippen LogP contribution in [0.15, 0.2) is 24.3 Å². The van der Waals surface area contributed by atoms with Crippen LogP contribution in [0.3, 0.4) is 0 Å². The monoisotopic (exact) mass is 306 g/mol. The maximum Gasteiger partial charge on any atom is 0.230 e. The summed E-state index contributed by atoms with van der Waals surface area (Å²) in [6.45, 7) is 2.53. The van der Waals surface area contributed by atoms with Gasteiger partial charge in [-0.3, -0.25) is 9.59 Å². The highest BCUT2D eigenvalue weighted by atomic mass is 35.5. The molecule has 1 aliphatic carbocycles. The number of hydrogen-bond donors (Lipinski definition) is 0. The average Bonchev–Trinajstić information content (AvgIpc) is 3.34. The van der Waals surface area contributed by atoms with Crippen molar-refractivity contribution in [2.24, 2.45) is 5.92 Å². The third kappa shape index (κ3) is 3.21. The first-order chi connectivity index (χ1) is 10.2. The second-order valence-corrected chi connectivity index (χ2v) is 6.27. The van der Waals surface area contributed by atoms with Crippen molar-refractivity contribution in [1.82, 2.24) is 9.80 Å². The maximum atomic E-state index is 12.8. The molecular formula is C16H19ClN2O2. The van der Waals surface area contributed by atoms with Crippen molar-refractivity contribution >= 4 is 23.9 Å². The van der Waals surface area contributed by atoms with Gasteiger partial charge < -0.3 is 9.80 Å². The molecule has 0 bridgehead atoms. The van der Waals surface area contributed by atoms with Crippen LogP contribution in [-0.2, 0) is 9.59 Å². The summed E-state index contributed by atoms with van der Waals surface area (Å²) in [5.41, 5.74) is 1.06. The van der Waals surface area contributed by atoms with Gasteiger partial charge in [0.1, 0.15) is 0 Å². The van der Waals surface area contributed by atoms with Gasteiger partial charge in [0.25, 0.3) is 0 Å². The van der Waals surface area contributed by atoms with E-state index in [1.54, 1.807) is 4.90 Å². The zero-order valence-electron chi connectivity index (χ0n) is 11.9. The zero-order valence-corrected chi connectivity index (χ0v) is 12.6. The third-order valence-corrected chi connectivity index (χ3v) is 4.62. The molecule has 1 heterocycles. The van der Waals surface area contributed by atoms with E-state index in [-0.39, 0.29) is 11.8 Å². The van der Waals surface area contributed by atoms with Gasteiger partial charge >= 0.3 is 0 Å². The second kappa shape index (κ2) is 6.06. The number of rotatable bonds is 4. The molecule has 1 saturated carbocycles. The minimum atomic E-state index is -0.0509.